The molecule has 0 aromatic rings. The Morgan fingerprint density at radius 2 is 1.78 bits per heavy atom. The van der Waals surface area contributed by atoms with Gasteiger partial charge in [0, 0.05) is 7.05 Å². The molecule has 2 unspecified atom stereocenters. The van der Waals surface area contributed by atoms with Gasteiger partial charge in [0.15, 0.2) is 0 Å². The summed E-state index contributed by atoms with van der Waals surface area (Å²) in [4.78, 5) is 30.2. The van der Waals surface area contributed by atoms with E-state index < -0.39 is 6.04 Å². The van der Waals surface area contributed by atoms with Crippen LogP contribution in [0.2, 0.25) is 0 Å². The van der Waals surface area contributed by atoms with Crippen LogP contribution in [0, 0.1) is 11.3 Å². The first-order valence-electron chi connectivity index (χ1n) is 10.3. The van der Waals surface area contributed by atoms with Crippen molar-refractivity contribution < 1.29 is 9.59 Å². The molecular weight excluding hydrogens is 338 g/mol. The maximum Gasteiger partial charge on any atom is 0.245 e. The predicted molar refractivity (Wildman–Crippen MR) is 112 cm³/mol. The van der Waals surface area contributed by atoms with Gasteiger partial charge in [-0.3, -0.25) is 14.5 Å². The number of amides is 2. The smallest absolute Gasteiger partial charge is 0.245 e. The highest BCUT2D eigenvalue weighted by atomic mass is 16.2. The lowest BCUT2D eigenvalue weighted by Crippen LogP contribution is -2.59. The second-order valence-corrected chi connectivity index (χ2v) is 9.73. The summed E-state index contributed by atoms with van der Waals surface area (Å²) >= 11 is 0. The van der Waals surface area contributed by atoms with Crippen LogP contribution in [0.4, 0.5) is 0 Å². The number of likely N-dealkylation sites (N-methyl/N-ethyl adjacent to an activating group) is 2. The fraction of sp³-hybridized carbons (Fsp3) is 0.818. The highest BCUT2D eigenvalue weighted by Crippen LogP contribution is 2.24. The molecule has 2 amide bonds. The zero-order chi connectivity index (χ0) is 20.9. The summed E-state index contributed by atoms with van der Waals surface area (Å²) in [5, 5.41) is 3.09. The summed E-state index contributed by atoms with van der Waals surface area (Å²) in [6.45, 7) is 15.3. The number of piperidine rings is 1. The first kappa shape index (κ1) is 23.7. The van der Waals surface area contributed by atoms with Gasteiger partial charge in [0.25, 0.3) is 0 Å². The summed E-state index contributed by atoms with van der Waals surface area (Å²) in [7, 11) is 3.84. The molecule has 0 aliphatic carbocycles. The van der Waals surface area contributed by atoms with Crippen molar-refractivity contribution in [3.8, 4) is 0 Å². The van der Waals surface area contributed by atoms with Gasteiger partial charge in [-0.05, 0) is 51.6 Å². The van der Waals surface area contributed by atoms with E-state index in [1.807, 2.05) is 34.9 Å². The average molecular weight is 380 g/mol. The number of hydrogen-bond acceptors (Lipinski definition) is 3. The normalized spacial score (nSPS) is 20.7. The Balaban J connectivity index is 3.03. The summed E-state index contributed by atoms with van der Waals surface area (Å²) in [6.07, 6.45) is 5.19. The zero-order valence-electron chi connectivity index (χ0n) is 18.9. The molecule has 1 aliphatic rings. The van der Waals surface area contributed by atoms with Crippen LogP contribution in [-0.4, -0.2) is 60.4 Å². The van der Waals surface area contributed by atoms with Crippen molar-refractivity contribution in [2.45, 2.75) is 85.9 Å². The molecule has 5 heteroatoms. The molecule has 1 aliphatic heterocycles. The van der Waals surface area contributed by atoms with Gasteiger partial charge in [0.1, 0.15) is 6.04 Å². The first-order valence-corrected chi connectivity index (χ1v) is 10.3. The number of allylic oxidation sites excluding steroid dienone is 1. The van der Waals surface area contributed by atoms with E-state index in [0.29, 0.717) is 5.92 Å². The fourth-order valence-electron chi connectivity index (χ4n) is 3.74. The fourth-order valence-corrected chi connectivity index (χ4v) is 3.74. The van der Waals surface area contributed by atoms with Crippen LogP contribution in [-0.2, 0) is 9.59 Å². The van der Waals surface area contributed by atoms with Crippen LogP contribution in [0.3, 0.4) is 0 Å². The quantitative estimate of drug-likeness (QED) is 0.719. The van der Waals surface area contributed by atoms with Gasteiger partial charge in [0.05, 0.1) is 12.1 Å². The minimum atomic E-state index is -0.544. The molecule has 1 saturated heterocycles. The molecule has 1 N–H and O–H groups in total. The Hall–Kier alpha value is -1.36. The summed E-state index contributed by atoms with van der Waals surface area (Å²) in [5.41, 5.74) is 0.828. The number of carbonyl (C=O) groups is 2. The van der Waals surface area contributed by atoms with Crippen molar-refractivity contribution in [3.63, 3.8) is 0 Å². The van der Waals surface area contributed by atoms with Crippen molar-refractivity contribution >= 4 is 11.8 Å². The lowest BCUT2D eigenvalue weighted by atomic mass is 9.84. The molecule has 0 spiro atoms. The van der Waals surface area contributed by atoms with Crippen molar-refractivity contribution in [3.05, 3.63) is 11.6 Å². The van der Waals surface area contributed by atoms with Gasteiger partial charge in [-0.15, -0.1) is 0 Å². The molecule has 0 aromatic carbocycles. The molecule has 0 radical (unpaired) electrons. The Bertz CT molecular complexity index is 544. The maximum absolute atomic E-state index is 13.4. The Labute approximate surface area is 166 Å². The van der Waals surface area contributed by atoms with E-state index in [1.54, 1.807) is 4.90 Å². The molecule has 1 fully saturated rings. The Morgan fingerprint density at radius 1 is 1.19 bits per heavy atom. The van der Waals surface area contributed by atoms with Gasteiger partial charge in [-0.1, -0.05) is 52.7 Å². The Morgan fingerprint density at radius 3 is 2.22 bits per heavy atom. The molecule has 3 atom stereocenters. The molecule has 27 heavy (non-hydrogen) atoms. The third-order valence-corrected chi connectivity index (χ3v) is 5.45. The molecule has 1 rings (SSSR count). The van der Waals surface area contributed by atoms with Crippen molar-refractivity contribution in [1.82, 2.24) is 15.1 Å². The second-order valence-electron chi connectivity index (χ2n) is 9.73. The number of carbonyl (C=O) groups excluding carboxylic acids is 2. The standard InChI is InChI=1S/C22H41N3O2/c1-15(2)14-18(16(3)4)25(9)21(27)19(22(5,6)7)23-20(26)17-12-10-11-13-24(17)8/h14,16-19H,10-13H2,1-9H3,(H,23,26)/t17?,18-,19?/m1/s1. The van der Waals surface area contributed by atoms with E-state index >= 15 is 0 Å². The average Bonchev–Trinajstić information content (AvgIpc) is 2.55. The zero-order valence-corrected chi connectivity index (χ0v) is 18.9. The van der Waals surface area contributed by atoms with Crippen LogP contribution >= 0.6 is 0 Å². The topological polar surface area (TPSA) is 52.7 Å². The van der Waals surface area contributed by atoms with Crippen molar-refractivity contribution in [2.75, 3.05) is 20.6 Å². The van der Waals surface area contributed by atoms with Crippen LogP contribution in [0.25, 0.3) is 0 Å². The number of nitrogens with zero attached hydrogens (tertiary/aromatic N) is 2. The van der Waals surface area contributed by atoms with E-state index in [4.69, 9.17) is 0 Å². The highest BCUT2D eigenvalue weighted by Gasteiger charge is 2.38. The SMILES string of the molecule is CC(C)=C[C@H](C(C)C)N(C)C(=O)C(NC(=O)C1CCCCN1C)C(C)(C)C. The molecular formula is C22H41N3O2. The van der Waals surface area contributed by atoms with Crippen LogP contribution in [0.15, 0.2) is 11.6 Å². The predicted octanol–water partition coefficient (Wildman–Crippen LogP) is 3.45. The maximum atomic E-state index is 13.4. The number of hydrogen-bond donors (Lipinski definition) is 1. The van der Waals surface area contributed by atoms with Crippen LogP contribution in [0.5, 0.6) is 0 Å². The number of likely N-dealkylation sites (tertiary alicyclic amines) is 1. The molecule has 1 heterocycles. The van der Waals surface area contributed by atoms with Gasteiger partial charge in [-0.2, -0.15) is 0 Å². The van der Waals surface area contributed by atoms with Crippen molar-refractivity contribution in [2.24, 2.45) is 11.3 Å². The second kappa shape index (κ2) is 9.72. The molecule has 0 bridgehead atoms. The van der Waals surface area contributed by atoms with Gasteiger partial charge in [-0.25, -0.2) is 0 Å². The molecule has 0 saturated carbocycles. The van der Waals surface area contributed by atoms with E-state index in [0.717, 1.165) is 25.8 Å². The monoisotopic (exact) mass is 379 g/mol. The Kier molecular flexibility index (Phi) is 8.52. The van der Waals surface area contributed by atoms with E-state index in [-0.39, 0.29) is 29.3 Å². The van der Waals surface area contributed by atoms with Crippen LogP contribution in [0.1, 0.15) is 67.7 Å². The highest BCUT2D eigenvalue weighted by molar-refractivity contribution is 5.90. The molecule has 156 valence electrons. The van der Waals surface area contributed by atoms with E-state index in [9.17, 15) is 9.59 Å². The molecule has 0 aromatic heterocycles. The summed E-state index contributed by atoms with van der Waals surface area (Å²) < 4.78 is 0. The van der Waals surface area contributed by atoms with Crippen molar-refractivity contribution in [1.29, 1.82) is 0 Å². The molecule has 5 nitrogen and oxygen atoms in total. The van der Waals surface area contributed by atoms with Gasteiger partial charge >= 0.3 is 0 Å². The first-order chi connectivity index (χ1) is 12.4. The number of rotatable bonds is 6. The van der Waals surface area contributed by atoms with E-state index in [2.05, 4.69) is 44.0 Å². The number of nitrogens with one attached hydrogen (secondary N) is 1. The third-order valence-electron chi connectivity index (χ3n) is 5.45. The minimum absolute atomic E-state index is 0.0154. The largest absolute Gasteiger partial charge is 0.342 e. The van der Waals surface area contributed by atoms with Crippen LogP contribution < -0.4 is 5.32 Å². The summed E-state index contributed by atoms with van der Waals surface area (Å²) in [5.74, 6) is 0.252. The van der Waals surface area contributed by atoms with E-state index in [1.165, 1.54) is 5.57 Å². The minimum Gasteiger partial charge on any atom is -0.342 e. The van der Waals surface area contributed by atoms with Gasteiger partial charge in [0.2, 0.25) is 11.8 Å². The third kappa shape index (κ3) is 6.63. The lowest BCUT2D eigenvalue weighted by molar-refractivity contribution is -0.141. The van der Waals surface area contributed by atoms with Gasteiger partial charge < -0.3 is 10.2 Å². The summed E-state index contributed by atoms with van der Waals surface area (Å²) in [6, 6.07) is -0.667. The lowest BCUT2D eigenvalue weighted by Gasteiger charge is -2.39.